The Balaban J connectivity index is 2.28. The zero-order valence-corrected chi connectivity index (χ0v) is 11.7. The van der Waals surface area contributed by atoms with Crippen LogP contribution in [0.2, 0.25) is 0 Å². The highest BCUT2D eigenvalue weighted by atomic mass is 16.2. The molecule has 18 heavy (non-hydrogen) atoms. The van der Waals surface area contributed by atoms with Crippen LogP contribution in [0.4, 0.5) is 0 Å². The van der Waals surface area contributed by atoms with E-state index in [1.165, 1.54) is 5.56 Å². The fourth-order valence-corrected chi connectivity index (χ4v) is 2.83. The number of aryl methyl sites for hydroxylation is 3. The molecular formula is C15H22N2O. The molecule has 1 aromatic carbocycles. The molecule has 1 unspecified atom stereocenters. The highest BCUT2D eigenvalue weighted by Gasteiger charge is 2.25. The Morgan fingerprint density at radius 1 is 1.28 bits per heavy atom. The molecule has 3 heteroatoms. The van der Waals surface area contributed by atoms with Gasteiger partial charge in [0, 0.05) is 25.2 Å². The molecule has 1 fully saturated rings. The molecule has 1 aliphatic rings. The summed E-state index contributed by atoms with van der Waals surface area (Å²) in [5.41, 5.74) is 4.24. The van der Waals surface area contributed by atoms with Crippen LogP contribution in [0.1, 0.15) is 33.5 Å². The van der Waals surface area contributed by atoms with Crippen molar-refractivity contribution in [3.8, 4) is 0 Å². The van der Waals surface area contributed by atoms with Crippen LogP contribution >= 0.6 is 0 Å². The molecule has 2 rings (SSSR count). The standard InChI is InChI=1S/C15H22N2O/c1-10-7-11(2)14(12(3)8-10)15(18)17(4)13-5-6-16-9-13/h7-8,13,16H,5-6,9H2,1-4H3. The molecule has 1 saturated heterocycles. The Morgan fingerprint density at radius 3 is 2.39 bits per heavy atom. The second-order valence-electron chi connectivity index (χ2n) is 5.34. The Labute approximate surface area is 109 Å². The van der Waals surface area contributed by atoms with Crippen LogP contribution in [0, 0.1) is 20.8 Å². The van der Waals surface area contributed by atoms with Gasteiger partial charge in [-0.05, 0) is 44.9 Å². The number of carbonyl (C=O) groups is 1. The Bertz CT molecular complexity index is 439. The Kier molecular flexibility index (Phi) is 3.71. The third-order valence-electron chi connectivity index (χ3n) is 3.79. The van der Waals surface area contributed by atoms with E-state index in [1.807, 2.05) is 25.8 Å². The number of hydrogen-bond donors (Lipinski definition) is 1. The van der Waals surface area contributed by atoms with Gasteiger partial charge in [-0.3, -0.25) is 4.79 Å². The molecule has 0 spiro atoms. The monoisotopic (exact) mass is 246 g/mol. The molecule has 1 amide bonds. The first-order valence-corrected chi connectivity index (χ1v) is 6.56. The van der Waals surface area contributed by atoms with Gasteiger partial charge < -0.3 is 10.2 Å². The zero-order chi connectivity index (χ0) is 13.3. The van der Waals surface area contributed by atoms with E-state index in [0.717, 1.165) is 36.2 Å². The van der Waals surface area contributed by atoms with Gasteiger partial charge in [0.2, 0.25) is 0 Å². The quantitative estimate of drug-likeness (QED) is 0.866. The number of nitrogens with zero attached hydrogens (tertiary/aromatic N) is 1. The van der Waals surface area contributed by atoms with Crippen LogP contribution in [0.3, 0.4) is 0 Å². The van der Waals surface area contributed by atoms with E-state index < -0.39 is 0 Å². The summed E-state index contributed by atoms with van der Waals surface area (Å²) in [5, 5.41) is 3.30. The highest BCUT2D eigenvalue weighted by molar-refractivity contribution is 5.97. The average Bonchev–Trinajstić information content (AvgIpc) is 2.79. The van der Waals surface area contributed by atoms with E-state index in [0.29, 0.717) is 6.04 Å². The maximum atomic E-state index is 12.6. The number of likely N-dealkylation sites (N-methyl/N-ethyl adjacent to an activating group) is 1. The summed E-state index contributed by atoms with van der Waals surface area (Å²) in [6.45, 7) is 8.03. The van der Waals surface area contributed by atoms with E-state index in [-0.39, 0.29) is 5.91 Å². The number of amides is 1. The molecule has 3 nitrogen and oxygen atoms in total. The van der Waals surface area contributed by atoms with Crippen molar-refractivity contribution in [3.63, 3.8) is 0 Å². The van der Waals surface area contributed by atoms with Gasteiger partial charge in [-0.15, -0.1) is 0 Å². The average molecular weight is 246 g/mol. The molecule has 0 saturated carbocycles. The lowest BCUT2D eigenvalue weighted by atomic mass is 9.98. The van der Waals surface area contributed by atoms with Gasteiger partial charge >= 0.3 is 0 Å². The SMILES string of the molecule is Cc1cc(C)c(C(=O)N(C)C2CCNC2)c(C)c1. The second-order valence-corrected chi connectivity index (χ2v) is 5.34. The molecule has 1 aromatic rings. The third kappa shape index (κ3) is 2.41. The summed E-state index contributed by atoms with van der Waals surface area (Å²) in [4.78, 5) is 14.5. The summed E-state index contributed by atoms with van der Waals surface area (Å²) in [5.74, 6) is 0.152. The van der Waals surface area contributed by atoms with Gasteiger partial charge in [-0.25, -0.2) is 0 Å². The van der Waals surface area contributed by atoms with Gasteiger partial charge in [0.25, 0.3) is 5.91 Å². The molecule has 1 heterocycles. The van der Waals surface area contributed by atoms with Crippen LogP contribution in [0.15, 0.2) is 12.1 Å². The minimum Gasteiger partial charge on any atom is -0.337 e. The molecule has 98 valence electrons. The Hall–Kier alpha value is -1.35. The van der Waals surface area contributed by atoms with Crippen molar-refractivity contribution in [2.75, 3.05) is 20.1 Å². The minimum atomic E-state index is 0.152. The molecule has 0 aromatic heterocycles. The predicted molar refractivity (Wildman–Crippen MR) is 74.0 cm³/mol. The van der Waals surface area contributed by atoms with Crippen molar-refractivity contribution in [3.05, 3.63) is 34.4 Å². The predicted octanol–water partition coefficient (Wildman–Crippen LogP) is 2.05. The molecule has 0 aliphatic carbocycles. The molecule has 1 atom stereocenters. The molecule has 0 bridgehead atoms. The van der Waals surface area contributed by atoms with Crippen molar-refractivity contribution >= 4 is 5.91 Å². The first-order chi connectivity index (χ1) is 8.50. The molecule has 1 N–H and O–H groups in total. The van der Waals surface area contributed by atoms with Crippen LogP contribution in [0.5, 0.6) is 0 Å². The lowest BCUT2D eigenvalue weighted by Gasteiger charge is -2.25. The van der Waals surface area contributed by atoms with Crippen LogP contribution in [0.25, 0.3) is 0 Å². The van der Waals surface area contributed by atoms with Gasteiger partial charge in [-0.2, -0.15) is 0 Å². The molecular weight excluding hydrogens is 224 g/mol. The van der Waals surface area contributed by atoms with Crippen LogP contribution in [-0.4, -0.2) is 37.0 Å². The van der Waals surface area contributed by atoms with Gasteiger partial charge in [0.15, 0.2) is 0 Å². The number of rotatable bonds is 2. The summed E-state index contributed by atoms with van der Waals surface area (Å²) >= 11 is 0. The van der Waals surface area contributed by atoms with Crippen molar-refractivity contribution in [1.82, 2.24) is 10.2 Å². The molecule has 0 radical (unpaired) electrons. The summed E-state index contributed by atoms with van der Waals surface area (Å²) < 4.78 is 0. The topological polar surface area (TPSA) is 32.3 Å². The number of nitrogens with one attached hydrogen (secondary N) is 1. The number of hydrogen-bond acceptors (Lipinski definition) is 2. The maximum Gasteiger partial charge on any atom is 0.254 e. The number of benzene rings is 1. The van der Waals surface area contributed by atoms with E-state index in [9.17, 15) is 4.79 Å². The maximum absolute atomic E-state index is 12.6. The van der Waals surface area contributed by atoms with E-state index >= 15 is 0 Å². The zero-order valence-electron chi connectivity index (χ0n) is 11.7. The van der Waals surface area contributed by atoms with Gasteiger partial charge in [-0.1, -0.05) is 17.7 Å². The van der Waals surface area contributed by atoms with E-state index in [2.05, 4.69) is 24.4 Å². The summed E-state index contributed by atoms with van der Waals surface area (Å²) in [7, 11) is 1.92. The lowest BCUT2D eigenvalue weighted by Crippen LogP contribution is -2.39. The van der Waals surface area contributed by atoms with Crippen molar-refractivity contribution in [1.29, 1.82) is 0 Å². The summed E-state index contributed by atoms with van der Waals surface area (Å²) in [6, 6.07) is 4.50. The first-order valence-electron chi connectivity index (χ1n) is 6.56. The first kappa shape index (κ1) is 13.1. The van der Waals surface area contributed by atoms with E-state index in [4.69, 9.17) is 0 Å². The van der Waals surface area contributed by atoms with Gasteiger partial charge in [0.05, 0.1) is 0 Å². The Morgan fingerprint density at radius 2 is 1.89 bits per heavy atom. The largest absolute Gasteiger partial charge is 0.337 e. The fraction of sp³-hybridized carbons (Fsp3) is 0.533. The van der Waals surface area contributed by atoms with Crippen LogP contribution < -0.4 is 5.32 Å². The van der Waals surface area contributed by atoms with Crippen molar-refractivity contribution in [2.24, 2.45) is 0 Å². The minimum absolute atomic E-state index is 0.152. The fourth-order valence-electron chi connectivity index (χ4n) is 2.83. The third-order valence-corrected chi connectivity index (χ3v) is 3.79. The second kappa shape index (κ2) is 5.11. The lowest BCUT2D eigenvalue weighted by molar-refractivity contribution is 0.0742. The molecule has 1 aliphatic heterocycles. The van der Waals surface area contributed by atoms with Crippen molar-refractivity contribution < 1.29 is 4.79 Å². The summed E-state index contributed by atoms with van der Waals surface area (Å²) in [6.07, 6.45) is 1.05. The van der Waals surface area contributed by atoms with Crippen LogP contribution in [-0.2, 0) is 0 Å². The number of carbonyl (C=O) groups excluding carboxylic acids is 1. The van der Waals surface area contributed by atoms with E-state index in [1.54, 1.807) is 0 Å². The highest BCUT2D eigenvalue weighted by Crippen LogP contribution is 2.20. The van der Waals surface area contributed by atoms with Crippen molar-refractivity contribution in [2.45, 2.75) is 33.2 Å². The van der Waals surface area contributed by atoms with Gasteiger partial charge in [0.1, 0.15) is 0 Å². The smallest absolute Gasteiger partial charge is 0.254 e. The normalized spacial score (nSPS) is 19.0.